The molecule has 4 atom stereocenters. The molecule has 4 aliphatic heterocycles. The van der Waals surface area contributed by atoms with Crippen molar-refractivity contribution >= 4 is 34.3 Å². The third-order valence-electron chi connectivity index (χ3n) is 12.7. The average molecular weight is 833 g/mol. The van der Waals surface area contributed by atoms with Crippen LogP contribution in [0.15, 0.2) is 24.3 Å². The summed E-state index contributed by atoms with van der Waals surface area (Å²) in [5, 5.41) is 14.4. The maximum atomic E-state index is 15.3. The lowest BCUT2D eigenvalue weighted by atomic mass is 9.80. The Morgan fingerprint density at radius 1 is 0.433 bits per heavy atom. The second-order valence-corrected chi connectivity index (χ2v) is 16.8. The molecular formula is C46H72N8O6. The summed E-state index contributed by atoms with van der Waals surface area (Å²) < 4.78 is 24.0. The molecule has 4 N–H and O–H groups in total. The number of rotatable bonds is 24. The molecule has 2 aromatic carbocycles. The van der Waals surface area contributed by atoms with E-state index in [1.807, 2.05) is 24.3 Å². The van der Waals surface area contributed by atoms with Gasteiger partial charge in [-0.15, -0.1) is 0 Å². The SMILES string of the molecule is CCCC1OCCN1CCNc1ccc(NCCN2CCOC2CCC)c2c1C(=O)c1c(NCCN3CCOC3CCC)ccc(NCCN3CCOC3CCC)c1C2=O. The Hall–Kier alpha value is -3.34. The Kier molecular flexibility index (Phi) is 16.5. The minimum Gasteiger partial charge on any atom is -0.383 e. The molecule has 14 heteroatoms. The molecule has 332 valence electrons. The average Bonchev–Trinajstić information content (AvgIpc) is 4.08. The number of nitrogens with one attached hydrogen (secondary N) is 4. The summed E-state index contributed by atoms with van der Waals surface area (Å²) in [4.78, 5) is 40.1. The lowest BCUT2D eigenvalue weighted by molar-refractivity contribution is 0.0285. The smallest absolute Gasteiger partial charge is 0.198 e. The van der Waals surface area contributed by atoms with Crippen LogP contribution in [0.4, 0.5) is 22.7 Å². The molecule has 0 bridgehead atoms. The molecule has 1 aliphatic carbocycles. The zero-order valence-corrected chi connectivity index (χ0v) is 36.8. The van der Waals surface area contributed by atoms with E-state index in [-0.39, 0.29) is 36.5 Å². The number of benzene rings is 2. The van der Waals surface area contributed by atoms with Crippen molar-refractivity contribution in [3.63, 3.8) is 0 Å². The van der Waals surface area contributed by atoms with Gasteiger partial charge in [0.25, 0.3) is 0 Å². The fraction of sp³-hybridized carbons (Fsp3) is 0.696. The van der Waals surface area contributed by atoms with Gasteiger partial charge in [-0.1, -0.05) is 53.4 Å². The number of carbonyl (C=O) groups is 2. The topological polar surface area (TPSA) is 132 Å². The number of carbonyl (C=O) groups excluding carboxylic acids is 2. The van der Waals surface area contributed by atoms with Crippen molar-refractivity contribution in [2.24, 2.45) is 0 Å². The van der Waals surface area contributed by atoms with E-state index < -0.39 is 0 Å². The highest BCUT2D eigenvalue weighted by molar-refractivity contribution is 6.35. The monoisotopic (exact) mass is 833 g/mol. The van der Waals surface area contributed by atoms with Crippen molar-refractivity contribution < 1.29 is 28.5 Å². The van der Waals surface area contributed by atoms with Gasteiger partial charge in [0.1, 0.15) is 24.9 Å². The Bertz CT molecular complexity index is 1490. The Balaban J connectivity index is 1.18. The number of anilines is 4. The number of ether oxygens (including phenoxy) is 4. The van der Waals surface area contributed by atoms with E-state index in [1.54, 1.807) is 0 Å². The van der Waals surface area contributed by atoms with Crippen molar-refractivity contribution in [2.45, 2.75) is 104 Å². The molecule has 0 spiro atoms. The third kappa shape index (κ3) is 10.5. The van der Waals surface area contributed by atoms with E-state index in [1.165, 1.54) is 0 Å². The summed E-state index contributed by atoms with van der Waals surface area (Å²) in [6.45, 7) is 20.8. The number of hydrogen-bond acceptors (Lipinski definition) is 14. The Morgan fingerprint density at radius 2 is 0.667 bits per heavy atom. The van der Waals surface area contributed by atoms with E-state index >= 15 is 9.59 Å². The molecule has 4 heterocycles. The molecule has 4 unspecified atom stereocenters. The standard InChI is InChI=1S/C46H72N8O6/c1-5-9-37-51(25-29-57-37)21-17-47-33-13-14-34(48-18-22-52-26-30-58-38(52)10-6-2)42-41(33)45(55)43-35(49-19-23-53-27-31-59-39(53)11-7-3)15-16-36(44(43)46(42)56)50-20-24-54-28-32-60-40(54)12-8-4/h13-16,37-40,47-50H,5-12,17-32H2,1-4H3. The molecule has 7 rings (SSSR count). The van der Waals surface area contributed by atoms with Crippen LogP contribution in [-0.4, -0.2) is 161 Å². The lowest BCUT2D eigenvalue weighted by Crippen LogP contribution is -2.36. The van der Waals surface area contributed by atoms with Gasteiger partial charge in [-0.25, -0.2) is 0 Å². The summed E-state index contributed by atoms with van der Waals surface area (Å²) in [6, 6.07) is 7.89. The van der Waals surface area contributed by atoms with Gasteiger partial charge in [0.2, 0.25) is 0 Å². The molecule has 0 saturated carbocycles. The van der Waals surface area contributed by atoms with Gasteiger partial charge in [0.15, 0.2) is 11.6 Å². The minimum atomic E-state index is -0.148. The van der Waals surface area contributed by atoms with Crippen LogP contribution in [0.1, 0.15) is 111 Å². The highest BCUT2D eigenvalue weighted by Crippen LogP contribution is 2.42. The van der Waals surface area contributed by atoms with E-state index in [4.69, 9.17) is 18.9 Å². The first-order valence-electron chi connectivity index (χ1n) is 23.3. The van der Waals surface area contributed by atoms with Crippen LogP contribution in [0.25, 0.3) is 0 Å². The summed E-state index contributed by atoms with van der Waals surface area (Å²) in [7, 11) is 0. The van der Waals surface area contributed by atoms with Crippen LogP contribution < -0.4 is 21.3 Å². The largest absolute Gasteiger partial charge is 0.383 e. The van der Waals surface area contributed by atoms with Crippen LogP contribution in [-0.2, 0) is 18.9 Å². The van der Waals surface area contributed by atoms with Gasteiger partial charge in [-0.2, -0.15) is 0 Å². The Labute approximate surface area is 358 Å². The van der Waals surface area contributed by atoms with E-state index in [9.17, 15) is 0 Å². The molecule has 0 radical (unpaired) electrons. The van der Waals surface area contributed by atoms with Crippen LogP contribution in [0.2, 0.25) is 0 Å². The predicted octanol–water partition coefficient (Wildman–Crippen LogP) is 5.94. The maximum absolute atomic E-state index is 15.3. The molecule has 2 aromatic rings. The highest BCUT2D eigenvalue weighted by atomic mass is 16.5. The number of hydrogen-bond donors (Lipinski definition) is 4. The minimum absolute atomic E-state index is 0.116. The molecule has 0 amide bonds. The Morgan fingerprint density at radius 3 is 0.883 bits per heavy atom. The normalized spacial score (nSPS) is 23.7. The fourth-order valence-electron chi connectivity index (χ4n) is 9.62. The summed E-state index contributed by atoms with van der Waals surface area (Å²) >= 11 is 0. The number of nitrogens with zero attached hydrogens (tertiary/aromatic N) is 4. The fourth-order valence-corrected chi connectivity index (χ4v) is 9.62. The van der Waals surface area contributed by atoms with E-state index in [0.717, 1.165) is 130 Å². The van der Waals surface area contributed by atoms with Gasteiger partial charge in [0.05, 0.1) is 48.7 Å². The first-order valence-corrected chi connectivity index (χ1v) is 23.3. The molecule has 0 aromatic heterocycles. The molecule has 14 nitrogen and oxygen atoms in total. The van der Waals surface area contributed by atoms with Crippen molar-refractivity contribution in [1.29, 1.82) is 0 Å². The van der Waals surface area contributed by atoms with Gasteiger partial charge in [-0.05, 0) is 49.9 Å². The second-order valence-electron chi connectivity index (χ2n) is 16.8. The van der Waals surface area contributed by atoms with Gasteiger partial charge in [-0.3, -0.25) is 29.2 Å². The van der Waals surface area contributed by atoms with Crippen molar-refractivity contribution in [3.05, 3.63) is 46.5 Å². The molecular weight excluding hydrogens is 761 g/mol. The summed E-state index contributed by atoms with van der Waals surface area (Å²) in [5.74, 6) is -0.295. The predicted molar refractivity (Wildman–Crippen MR) is 239 cm³/mol. The van der Waals surface area contributed by atoms with Crippen LogP contribution in [0.5, 0.6) is 0 Å². The summed E-state index contributed by atoms with van der Waals surface area (Å²) in [6.07, 6.45) is 8.65. The van der Waals surface area contributed by atoms with E-state index in [2.05, 4.69) is 68.6 Å². The second kappa shape index (κ2) is 22.1. The number of ketones is 2. The quantitative estimate of drug-likeness (QED) is 0.0849. The molecule has 60 heavy (non-hydrogen) atoms. The lowest BCUT2D eigenvalue weighted by Gasteiger charge is -2.29. The number of fused-ring (bicyclic) bond motifs is 2. The molecule has 4 fully saturated rings. The van der Waals surface area contributed by atoms with E-state index in [0.29, 0.717) is 71.2 Å². The molecule has 5 aliphatic rings. The van der Waals surface area contributed by atoms with Crippen molar-refractivity contribution in [2.75, 3.05) is 126 Å². The summed E-state index contributed by atoms with van der Waals surface area (Å²) in [5.41, 5.74) is 4.45. The van der Waals surface area contributed by atoms with Gasteiger partial charge >= 0.3 is 0 Å². The maximum Gasteiger partial charge on any atom is 0.198 e. The molecule has 4 saturated heterocycles. The van der Waals surface area contributed by atoms with Gasteiger partial charge < -0.3 is 40.2 Å². The first kappa shape index (κ1) is 44.7. The van der Waals surface area contributed by atoms with Gasteiger partial charge in [0, 0.05) is 101 Å². The zero-order chi connectivity index (χ0) is 41.8. The third-order valence-corrected chi connectivity index (χ3v) is 12.7. The first-order chi connectivity index (χ1) is 29.4. The van der Waals surface area contributed by atoms with Crippen LogP contribution in [0, 0.1) is 0 Å². The van der Waals surface area contributed by atoms with Crippen molar-refractivity contribution in [3.8, 4) is 0 Å². The van der Waals surface area contributed by atoms with Crippen LogP contribution >= 0.6 is 0 Å². The zero-order valence-electron chi connectivity index (χ0n) is 36.8. The van der Waals surface area contributed by atoms with Crippen molar-refractivity contribution in [1.82, 2.24) is 19.6 Å². The highest BCUT2D eigenvalue weighted by Gasteiger charge is 2.38. The van der Waals surface area contributed by atoms with Crippen LogP contribution in [0.3, 0.4) is 0 Å².